The second-order valence-corrected chi connectivity index (χ2v) is 6.59. The number of aromatic nitrogens is 2. The predicted molar refractivity (Wildman–Crippen MR) is 69.2 cm³/mol. The Labute approximate surface area is 116 Å². The number of nitrogens with one attached hydrogen (secondary N) is 1. The van der Waals surface area contributed by atoms with E-state index in [0.29, 0.717) is 11.4 Å². The summed E-state index contributed by atoms with van der Waals surface area (Å²) >= 11 is 0. The van der Waals surface area contributed by atoms with Crippen LogP contribution in [0.1, 0.15) is 18.3 Å². The topological polar surface area (TPSA) is 101 Å². The van der Waals surface area contributed by atoms with E-state index in [0.717, 1.165) is 4.31 Å². The smallest absolute Gasteiger partial charge is 0.247 e. The van der Waals surface area contributed by atoms with Crippen LogP contribution in [0.4, 0.5) is 0 Å². The van der Waals surface area contributed by atoms with Gasteiger partial charge in [-0.2, -0.15) is 9.40 Å². The molecule has 0 aromatic carbocycles. The molecule has 20 heavy (non-hydrogen) atoms. The normalized spacial score (nSPS) is 21.1. The summed E-state index contributed by atoms with van der Waals surface area (Å²) in [6, 6.07) is -0.934. The summed E-state index contributed by atoms with van der Waals surface area (Å²) in [5.41, 5.74) is 0.809. The average molecular weight is 300 g/mol. The van der Waals surface area contributed by atoms with Crippen LogP contribution < -0.4 is 5.32 Å². The van der Waals surface area contributed by atoms with Crippen molar-refractivity contribution in [2.45, 2.75) is 31.7 Å². The van der Waals surface area contributed by atoms with Crippen molar-refractivity contribution < 1.29 is 18.0 Å². The zero-order valence-corrected chi connectivity index (χ0v) is 12.5. The maximum absolute atomic E-state index is 12.7. The first-order valence-corrected chi connectivity index (χ1v) is 7.46. The van der Waals surface area contributed by atoms with E-state index < -0.39 is 27.9 Å². The van der Waals surface area contributed by atoms with Crippen LogP contribution in [0, 0.1) is 13.8 Å². The molecule has 0 aliphatic carbocycles. The molecular formula is C11H16N4O4S. The van der Waals surface area contributed by atoms with E-state index in [1.807, 2.05) is 0 Å². The lowest BCUT2D eigenvalue weighted by Gasteiger charge is -2.30. The monoisotopic (exact) mass is 300 g/mol. The van der Waals surface area contributed by atoms with Crippen molar-refractivity contribution >= 4 is 21.8 Å². The van der Waals surface area contributed by atoms with Gasteiger partial charge in [0.25, 0.3) is 0 Å². The average Bonchev–Trinajstić information content (AvgIpc) is 2.58. The number of hydrogen-bond acceptors (Lipinski definition) is 5. The van der Waals surface area contributed by atoms with Gasteiger partial charge in [0.1, 0.15) is 10.9 Å². The minimum absolute atomic E-state index is 0.0503. The zero-order valence-electron chi connectivity index (χ0n) is 11.7. The minimum atomic E-state index is -3.95. The number of hydrogen-bond donors (Lipinski definition) is 1. The molecule has 2 heterocycles. The first-order chi connectivity index (χ1) is 9.16. The minimum Gasteiger partial charge on any atom is -0.294 e. The van der Waals surface area contributed by atoms with Crippen molar-refractivity contribution in [3.8, 4) is 0 Å². The number of aryl methyl sites for hydroxylation is 2. The molecule has 0 saturated carbocycles. The van der Waals surface area contributed by atoms with Crippen LogP contribution in [0.3, 0.4) is 0 Å². The molecule has 2 amide bonds. The summed E-state index contributed by atoms with van der Waals surface area (Å²) in [7, 11) is -2.31. The lowest BCUT2D eigenvalue weighted by atomic mass is 10.2. The van der Waals surface area contributed by atoms with E-state index in [1.54, 1.807) is 20.9 Å². The number of imide groups is 1. The number of rotatable bonds is 2. The molecule has 1 aliphatic heterocycles. The van der Waals surface area contributed by atoms with E-state index in [2.05, 4.69) is 10.4 Å². The van der Waals surface area contributed by atoms with E-state index in [9.17, 15) is 18.0 Å². The maximum Gasteiger partial charge on any atom is 0.247 e. The van der Waals surface area contributed by atoms with Crippen LogP contribution in [0.25, 0.3) is 0 Å². The molecule has 0 radical (unpaired) electrons. The van der Waals surface area contributed by atoms with Gasteiger partial charge in [0.05, 0.1) is 17.9 Å². The van der Waals surface area contributed by atoms with E-state index in [4.69, 9.17) is 0 Å². The van der Waals surface area contributed by atoms with E-state index in [1.165, 1.54) is 11.6 Å². The standard InChI is InChI=1S/C11H16N4O4S/c1-6-10(7(2)14(4)13-6)20(18,19)15-5-9(16)12-11(17)8(15)3/h8H,5H2,1-4H3,(H,12,16,17). The summed E-state index contributed by atoms with van der Waals surface area (Å²) < 4.78 is 27.7. The third-order valence-electron chi connectivity index (χ3n) is 3.38. The van der Waals surface area contributed by atoms with Crippen LogP contribution in [0.15, 0.2) is 4.90 Å². The number of carbonyl (C=O) groups excluding carboxylic acids is 2. The first-order valence-electron chi connectivity index (χ1n) is 6.02. The van der Waals surface area contributed by atoms with Crippen molar-refractivity contribution in [1.82, 2.24) is 19.4 Å². The highest BCUT2D eigenvalue weighted by molar-refractivity contribution is 7.89. The molecule has 8 nitrogen and oxygen atoms in total. The Morgan fingerprint density at radius 2 is 1.90 bits per heavy atom. The van der Waals surface area contributed by atoms with Crippen LogP contribution in [-0.2, 0) is 26.7 Å². The number of sulfonamides is 1. The lowest BCUT2D eigenvalue weighted by Crippen LogP contribution is -2.58. The molecule has 1 aliphatic rings. The van der Waals surface area contributed by atoms with Gasteiger partial charge in [-0.1, -0.05) is 0 Å². The Morgan fingerprint density at radius 1 is 1.30 bits per heavy atom. The van der Waals surface area contributed by atoms with Crippen LogP contribution in [0.2, 0.25) is 0 Å². The Morgan fingerprint density at radius 3 is 2.40 bits per heavy atom. The quantitative estimate of drug-likeness (QED) is 0.711. The highest BCUT2D eigenvalue weighted by Gasteiger charge is 2.41. The highest BCUT2D eigenvalue weighted by atomic mass is 32.2. The summed E-state index contributed by atoms with van der Waals surface area (Å²) in [5.74, 6) is -1.25. The largest absolute Gasteiger partial charge is 0.294 e. The third-order valence-corrected chi connectivity index (χ3v) is 5.55. The van der Waals surface area contributed by atoms with Gasteiger partial charge in [-0.15, -0.1) is 0 Å². The fourth-order valence-electron chi connectivity index (χ4n) is 2.23. The predicted octanol–water partition coefficient (Wildman–Crippen LogP) is -0.927. The molecule has 2 rings (SSSR count). The van der Waals surface area contributed by atoms with Gasteiger partial charge in [0, 0.05) is 7.05 Å². The molecule has 1 atom stereocenters. The Kier molecular flexibility index (Phi) is 3.42. The Bertz CT molecular complexity index is 692. The van der Waals surface area contributed by atoms with Crippen molar-refractivity contribution in [3.63, 3.8) is 0 Å². The molecule has 1 fully saturated rings. The van der Waals surface area contributed by atoms with Gasteiger partial charge in [-0.25, -0.2) is 8.42 Å². The molecule has 1 unspecified atom stereocenters. The van der Waals surface area contributed by atoms with Crippen molar-refractivity contribution in [2.75, 3.05) is 6.54 Å². The first kappa shape index (κ1) is 14.7. The number of nitrogens with zero attached hydrogens (tertiary/aromatic N) is 3. The molecule has 1 saturated heterocycles. The van der Waals surface area contributed by atoms with E-state index >= 15 is 0 Å². The Hall–Kier alpha value is -1.74. The molecule has 9 heteroatoms. The van der Waals surface area contributed by atoms with Crippen molar-refractivity contribution in [2.24, 2.45) is 7.05 Å². The van der Waals surface area contributed by atoms with Crippen molar-refractivity contribution in [3.05, 3.63) is 11.4 Å². The summed E-state index contributed by atoms with van der Waals surface area (Å²) in [6.45, 7) is 4.28. The van der Waals surface area contributed by atoms with Gasteiger partial charge >= 0.3 is 0 Å². The number of carbonyl (C=O) groups is 2. The third kappa shape index (κ3) is 2.12. The molecule has 0 bridgehead atoms. The van der Waals surface area contributed by atoms with Crippen LogP contribution >= 0.6 is 0 Å². The lowest BCUT2D eigenvalue weighted by molar-refractivity contribution is -0.136. The summed E-state index contributed by atoms with van der Waals surface area (Å²) in [6.07, 6.45) is 0. The van der Waals surface area contributed by atoms with Crippen LogP contribution in [-0.4, -0.2) is 46.9 Å². The van der Waals surface area contributed by atoms with E-state index in [-0.39, 0.29) is 11.4 Å². The molecular weight excluding hydrogens is 284 g/mol. The summed E-state index contributed by atoms with van der Waals surface area (Å²) in [4.78, 5) is 23.1. The van der Waals surface area contributed by atoms with Gasteiger partial charge in [-0.05, 0) is 20.8 Å². The second kappa shape index (κ2) is 4.67. The second-order valence-electron chi connectivity index (χ2n) is 4.76. The van der Waals surface area contributed by atoms with Crippen LogP contribution in [0.5, 0.6) is 0 Å². The fraction of sp³-hybridized carbons (Fsp3) is 0.545. The fourth-order valence-corrected chi connectivity index (χ4v) is 4.18. The Balaban J connectivity index is 2.54. The summed E-state index contributed by atoms with van der Waals surface area (Å²) in [5, 5.41) is 6.17. The molecule has 1 aromatic rings. The molecule has 110 valence electrons. The van der Waals surface area contributed by atoms with Gasteiger partial charge in [0.2, 0.25) is 21.8 Å². The highest BCUT2D eigenvalue weighted by Crippen LogP contribution is 2.25. The van der Waals surface area contributed by atoms with Gasteiger partial charge in [-0.3, -0.25) is 19.6 Å². The maximum atomic E-state index is 12.7. The molecule has 0 spiro atoms. The SMILES string of the molecule is Cc1nn(C)c(C)c1S(=O)(=O)N1CC(=O)NC(=O)C1C. The zero-order chi connectivity index (χ0) is 15.2. The van der Waals surface area contributed by atoms with Gasteiger partial charge in [0.15, 0.2) is 0 Å². The number of amides is 2. The number of piperazine rings is 1. The van der Waals surface area contributed by atoms with Gasteiger partial charge < -0.3 is 0 Å². The van der Waals surface area contributed by atoms with Crippen molar-refractivity contribution in [1.29, 1.82) is 0 Å². The molecule has 1 aromatic heterocycles. The molecule has 1 N–H and O–H groups in total.